The SMILES string of the molecule is C=CCn1c(=O)c2ccccc2n2c(SCc3cc(=O)n4c(C)csc4n3)nnc12. The number of benzene rings is 1. The fourth-order valence-electron chi connectivity index (χ4n) is 3.43. The topological polar surface area (TPSA) is 86.6 Å². The maximum atomic E-state index is 12.9. The van der Waals surface area contributed by atoms with Gasteiger partial charge in [0.15, 0.2) is 10.1 Å². The van der Waals surface area contributed by atoms with Gasteiger partial charge in [0.2, 0.25) is 5.78 Å². The molecule has 4 aromatic heterocycles. The number of hydrogen-bond acceptors (Lipinski definition) is 7. The minimum absolute atomic E-state index is 0.0919. The minimum Gasteiger partial charge on any atom is -0.272 e. The van der Waals surface area contributed by atoms with Crippen LogP contribution in [0.2, 0.25) is 0 Å². The Labute approximate surface area is 178 Å². The second-order valence-corrected chi connectivity index (χ2v) is 8.49. The standard InChI is InChI=1S/C20H16N6O2S2/c1-3-8-24-17(28)14-6-4-5-7-15(14)26-18(24)22-23-20(26)30-11-13-9-16(27)25-12(2)10-29-19(25)21-13/h3-7,9-10H,1,8,11H2,2H3. The summed E-state index contributed by atoms with van der Waals surface area (Å²) in [5.74, 6) is 0.914. The smallest absolute Gasteiger partial charge is 0.263 e. The summed E-state index contributed by atoms with van der Waals surface area (Å²) in [6, 6.07) is 8.93. The maximum absolute atomic E-state index is 12.9. The number of aryl methyl sites for hydroxylation is 1. The van der Waals surface area contributed by atoms with Crippen molar-refractivity contribution in [1.82, 2.24) is 28.5 Å². The van der Waals surface area contributed by atoms with Gasteiger partial charge in [0.05, 0.1) is 16.6 Å². The van der Waals surface area contributed by atoms with Gasteiger partial charge in [0.25, 0.3) is 11.1 Å². The minimum atomic E-state index is -0.129. The molecule has 0 unspecified atom stereocenters. The molecule has 0 aliphatic rings. The fraction of sp³-hybridized carbons (Fsp3) is 0.150. The second kappa shape index (κ2) is 7.22. The first-order valence-corrected chi connectivity index (χ1v) is 11.0. The van der Waals surface area contributed by atoms with Crippen LogP contribution in [-0.4, -0.2) is 28.5 Å². The van der Waals surface area contributed by atoms with Crippen LogP contribution in [0.15, 0.2) is 63.1 Å². The highest BCUT2D eigenvalue weighted by Crippen LogP contribution is 2.24. The van der Waals surface area contributed by atoms with E-state index in [1.54, 1.807) is 27.2 Å². The van der Waals surface area contributed by atoms with E-state index in [1.165, 1.54) is 23.1 Å². The van der Waals surface area contributed by atoms with Crippen LogP contribution in [0.3, 0.4) is 0 Å². The number of rotatable bonds is 5. The van der Waals surface area contributed by atoms with E-state index in [2.05, 4.69) is 21.8 Å². The lowest BCUT2D eigenvalue weighted by atomic mass is 10.2. The van der Waals surface area contributed by atoms with Gasteiger partial charge in [0, 0.05) is 29.4 Å². The zero-order valence-corrected chi connectivity index (χ0v) is 17.6. The van der Waals surface area contributed by atoms with Gasteiger partial charge in [-0.1, -0.05) is 30.0 Å². The number of para-hydroxylation sites is 1. The Bertz CT molecular complexity index is 1560. The lowest BCUT2D eigenvalue weighted by Crippen LogP contribution is -2.22. The normalized spacial score (nSPS) is 11.6. The van der Waals surface area contributed by atoms with Gasteiger partial charge >= 0.3 is 0 Å². The Kier molecular flexibility index (Phi) is 4.52. The molecule has 0 radical (unpaired) electrons. The van der Waals surface area contributed by atoms with E-state index >= 15 is 0 Å². The van der Waals surface area contributed by atoms with Gasteiger partial charge < -0.3 is 0 Å². The van der Waals surface area contributed by atoms with E-state index in [4.69, 9.17) is 0 Å². The molecule has 5 aromatic rings. The summed E-state index contributed by atoms with van der Waals surface area (Å²) in [6.07, 6.45) is 1.66. The first-order chi connectivity index (χ1) is 14.6. The molecular formula is C20H16N6O2S2. The summed E-state index contributed by atoms with van der Waals surface area (Å²) in [7, 11) is 0. The van der Waals surface area contributed by atoms with Crippen LogP contribution in [0.4, 0.5) is 0 Å². The third-order valence-corrected chi connectivity index (χ3v) is 6.67. The van der Waals surface area contributed by atoms with Gasteiger partial charge in [-0.3, -0.25) is 23.0 Å². The summed E-state index contributed by atoms with van der Waals surface area (Å²) >= 11 is 2.86. The molecule has 5 rings (SSSR count). The molecule has 0 atom stereocenters. The highest BCUT2D eigenvalue weighted by Gasteiger charge is 2.17. The Morgan fingerprint density at radius 3 is 2.87 bits per heavy atom. The van der Waals surface area contributed by atoms with Crippen molar-refractivity contribution in [2.24, 2.45) is 0 Å². The molecule has 0 saturated carbocycles. The van der Waals surface area contributed by atoms with Crippen molar-refractivity contribution >= 4 is 44.7 Å². The largest absolute Gasteiger partial charge is 0.272 e. The molecule has 150 valence electrons. The van der Waals surface area contributed by atoms with Crippen molar-refractivity contribution in [3.8, 4) is 0 Å². The number of thiazole rings is 1. The number of nitrogens with zero attached hydrogens (tertiary/aromatic N) is 6. The molecule has 0 amide bonds. The van der Waals surface area contributed by atoms with Crippen LogP contribution in [0.5, 0.6) is 0 Å². The average Bonchev–Trinajstić information content (AvgIpc) is 3.33. The Balaban J connectivity index is 1.61. The van der Waals surface area contributed by atoms with Gasteiger partial charge in [-0.2, -0.15) is 0 Å². The fourth-order valence-corrected chi connectivity index (χ4v) is 5.16. The molecule has 0 N–H and O–H groups in total. The molecule has 0 aliphatic heterocycles. The number of aromatic nitrogens is 6. The summed E-state index contributed by atoms with van der Waals surface area (Å²) in [5.41, 5.74) is 2.07. The first kappa shape index (κ1) is 18.8. The third kappa shape index (κ3) is 2.87. The molecule has 1 aromatic carbocycles. The van der Waals surface area contributed by atoms with Crippen LogP contribution in [0, 0.1) is 6.92 Å². The van der Waals surface area contributed by atoms with Crippen molar-refractivity contribution in [3.05, 3.63) is 80.5 Å². The summed E-state index contributed by atoms with van der Waals surface area (Å²) < 4.78 is 5.02. The van der Waals surface area contributed by atoms with E-state index in [9.17, 15) is 9.59 Å². The molecule has 0 saturated heterocycles. The molecule has 10 heteroatoms. The van der Waals surface area contributed by atoms with Crippen LogP contribution in [-0.2, 0) is 12.3 Å². The van der Waals surface area contributed by atoms with E-state index in [0.29, 0.717) is 39.3 Å². The third-order valence-electron chi connectivity index (χ3n) is 4.77. The second-order valence-electron chi connectivity index (χ2n) is 6.71. The van der Waals surface area contributed by atoms with Gasteiger partial charge in [-0.15, -0.1) is 28.1 Å². The molecule has 4 heterocycles. The Morgan fingerprint density at radius 1 is 1.20 bits per heavy atom. The molecule has 0 fully saturated rings. The van der Waals surface area contributed by atoms with Gasteiger partial charge in [-0.05, 0) is 19.1 Å². The Hall–Kier alpha value is -3.24. The lowest BCUT2D eigenvalue weighted by molar-refractivity contribution is 0.783. The van der Waals surface area contributed by atoms with E-state index in [-0.39, 0.29) is 11.1 Å². The van der Waals surface area contributed by atoms with Crippen LogP contribution in [0.25, 0.3) is 21.6 Å². The summed E-state index contributed by atoms with van der Waals surface area (Å²) in [5, 5.41) is 11.7. The summed E-state index contributed by atoms with van der Waals surface area (Å²) in [6.45, 7) is 5.96. The average molecular weight is 437 g/mol. The number of hydrogen-bond donors (Lipinski definition) is 0. The predicted octanol–water partition coefficient (Wildman–Crippen LogP) is 2.90. The zero-order chi connectivity index (χ0) is 20.8. The Morgan fingerprint density at radius 2 is 2.03 bits per heavy atom. The van der Waals surface area contributed by atoms with E-state index < -0.39 is 0 Å². The summed E-state index contributed by atoms with van der Waals surface area (Å²) in [4.78, 5) is 30.6. The number of allylic oxidation sites excluding steroid dienone is 1. The molecule has 30 heavy (non-hydrogen) atoms. The zero-order valence-electron chi connectivity index (χ0n) is 16.0. The van der Waals surface area contributed by atoms with Gasteiger partial charge in [0.1, 0.15) is 0 Å². The van der Waals surface area contributed by atoms with Crippen molar-refractivity contribution in [2.75, 3.05) is 0 Å². The highest BCUT2D eigenvalue weighted by molar-refractivity contribution is 7.98. The molecule has 0 aliphatic carbocycles. The van der Waals surface area contributed by atoms with E-state index in [0.717, 1.165) is 11.2 Å². The van der Waals surface area contributed by atoms with Crippen molar-refractivity contribution in [3.63, 3.8) is 0 Å². The number of fused-ring (bicyclic) bond motifs is 4. The quantitative estimate of drug-likeness (QED) is 0.311. The number of thioether (sulfide) groups is 1. The lowest BCUT2D eigenvalue weighted by Gasteiger charge is -2.09. The van der Waals surface area contributed by atoms with Gasteiger partial charge in [-0.25, -0.2) is 4.98 Å². The van der Waals surface area contributed by atoms with Crippen LogP contribution < -0.4 is 11.1 Å². The van der Waals surface area contributed by atoms with E-state index in [1.807, 2.05) is 34.9 Å². The van der Waals surface area contributed by atoms with Crippen molar-refractivity contribution < 1.29 is 0 Å². The first-order valence-electron chi connectivity index (χ1n) is 9.15. The van der Waals surface area contributed by atoms with Crippen LogP contribution in [0.1, 0.15) is 11.4 Å². The predicted molar refractivity (Wildman–Crippen MR) is 119 cm³/mol. The molecule has 8 nitrogen and oxygen atoms in total. The van der Waals surface area contributed by atoms with Crippen molar-refractivity contribution in [2.45, 2.75) is 24.4 Å². The molecule has 0 spiro atoms. The molecular weight excluding hydrogens is 420 g/mol. The highest BCUT2D eigenvalue weighted by atomic mass is 32.2. The van der Waals surface area contributed by atoms with Crippen molar-refractivity contribution in [1.29, 1.82) is 0 Å². The monoisotopic (exact) mass is 436 g/mol. The van der Waals surface area contributed by atoms with Crippen LogP contribution >= 0.6 is 23.1 Å². The maximum Gasteiger partial charge on any atom is 0.263 e. The molecule has 0 bridgehead atoms.